The van der Waals surface area contributed by atoms with Crippen LogP contribution in [0.2, 0.25) is 0 Å². The summed E-state index contributed by atoms with van der Waals surface area (Å²) in [4.78, 5) is 72.6. The number of hydrogen-bond acceptors (Lipinski definition) is 15. The van der Waals surface area contributed by atoms with Crippen LogP contribution in [0.5, 0.6) is 0 Å². The normalized spacial score (nSPS) is 14.6. The van der Waals surface area contributed by atoms with E-state index in [1.54, 1.807) is 0 Å². The molecule has 0 amide bonds. The molecule has 0 rings (SSSR count). The Morgan fingerprint density at radius 1 is 0.311 bits per heavy atom. The van der Waals surface area contributed by atoms with Gasteiger partial charge in [0.25, 0.3) is 0 Å². The molecule has 0 aromatic heterocycles. The van der Waals surface area contributed by atoms with E-state index in [0.717, 1.165) is 120 Å². The third-order valence-electron chi connectivity index (χ3n) is 16.7. The van der Waals surface area contributed by atoms with Crippen molar-refractivity contribution >= 4 is 39.5 Å². The van der Waals surface area contributed by atoms with Crippen LogP contribution in [0.4, 0.5) is 0 Å². The highest BCUT2D eigenvalue weighted by molar-refractivity contribution is 7.47. The molecule has 0 radical (unpaired) electrons. The highest BCUT2D eigenvalue weighted by atomic mass is 31.2. The number of phosphoric ester groups is 2. The van der Waals surface area contributed by atoms with E-state index in [-0.39, 0.29) is 25.7 Å². The SMILES string of the molecule is CCC(C)CCCCCCCCC(=O)OC[C@H](COP(=O)(O)OC[C@H](O)COP(=O)(O)OC[C@@H](COC(=O)CCCCCCCCCCCCCCCC(C)C)OC(=O)CCCCCCCCCCC(C)C)OC(=O)CCCCCCCCCCCCC(C)C. The Morgan fingerprint density at radius 2 is 0.533 bits per heavy atom. The van der Waals surface area contributed by atoms with Crippen LogP contribution in [-0.4, -0.2) is 96.7 Å². The fraction of sp³-hybridized carbons (Fsp3) is 0.944. The summed E-state index contributed by atoms with van der Waals surface area (Å²) in [5.41, 5.74) is 0. The molecule has 0 aliphatic carbocycles. The molecular weight excluding hydrogens is 1190 g/mol. The molecule has 90 heavy (non-hydrogen) atoms. The first-order valence-electron chi connectivity index (χ1n) is 36.7. The Labute approximate surface area is 549 Å². The number of phosphoric acid groups is 2. The summed E-state index contributed by atoms with van der Waals surface area (Å²) >= 11 is 0. The Bertz CT molecular complexity index is 1780. The van der Waals surface area contributed by atoms with Crippen molar-refractivity contribution in [3.05, 3.63) is 0 Å². The molecular formula is C71H138O17P2. The van der Waals surface area contributed by atoms with E-state index in [4.69, 9.17) is 37.0 Å². The first-order valence-corrected chi connectivity index (χ1v) is 39.7. The molecule has 0 aliphatic heterocycles. The van der Waals surface area contributed by atoms with E-state index in [1.807, 2.05) is 0 Å². The summed E-state index contributed by atoms with van der Waals surface area (Å²) in [5, 5.41) is 10.6. The molecule has 19 heteroatoms. The zero-order valence-electron chi connectivity index (χ0n) is 58.8. The summed E-state index contributed by atoms with van der Waals surface area (Å²) in [7, 11) is -9.90. The first-order chi connectivity index (χ1) is 43.1. The molecule has 0 bridgehead atoms. The van der Waals surface area contributed by atoms with Crippen LogP contribution >= 0.6 is 15.6 Å². The zero-order chi connectivity index (χ0) is 66.8. The van der Waals surface area contributed by atoms with Gasteiger partial charge in [0.05, 0.1) is 26.4 Å². The van der Waals surface area contributed by atoms with Gasteiger partial charge in [0.1, 0.15) is 19.3 Å². The van der Waals surface area contributed by atoms with Gasteiger partial charge in [-0.1, -0.05) is 299 Å². The first kappa shape index (κ1) is 88.1. The predicted molar refractivity (Wildman–Crippen MR) is 363 cm³/mol. The highest BCUT2D eigenvalue weighted by Gasteiger charge is 2.30. The van der Waals surface area contributed by atoms with Crippen LogP contribution in [-0.2, 0) is 65.4 Å². The summed E-state index contributed by atoms with van der Waals surface area (Å²) in [5.74, 6) is 0.862. The second-order valence-corrected chi connectivity index (χ2v) is 30.2. The number of unbranched alkanes of at least 4 members (excludes halogenated alkanes) is 33. The zero-order valence-corrected chi connectivity index (χ0v) is 60.6. The monoisotopic (exact) mass is 1320 g/mol. The molecule has 3 unspecified atom stereocenters. The van der Waals surface area contributed by atoms with Gasteiger partial charge in [-0.05, 0) is 49.4 Å². The molecule has 0 aliphatic rings. The lowest BCUT2D eigenvalue weighted by Gasteiger charge is -2.21. The number of ether oxygens (including phenoxy) is 4. The van der Waals surface area contributed by atoms with E-state index in [2.05, 4.69) is 55.4 Å². The lowest BCUT2D eigenvalue weighted by atomic mass is 10.00. The van der Waals surface area contributed by atoms with Crippen LogP contribution in [0.1, 0.15) is 351 Å². The molecule has 0 fully saturated rings. The Kier molecular flexibility index (Phi) is 59.4. The van der Waals surface area contributed by atoms with Crippen LogP contribution in [0.3, 0.4) is 0 Å². The van der Waals surface area contributed by atoms with Crippen molar-refractivity contribution in [2.75, 3.05) is 39.6 Å². The van der Waals surface area contributed by atoms with Crippen molar-refractivity contribution in [2.45, 2.75) is 369 Å². The molecule has 3 N–H and O–H groups in total. The summed E-state index contributed by atoms with van der Waals surface area (Å²) in [6.45, 7) is 14.1. The maximum absolute atomic E-state index is 13.0. The minimum absolute atomic E-state index is 0.104. The fourth-order valence-electron chi connectivity index (χ4n) is 10.6. The minimum atomic E-state index is -4.95. The lowest BCUT2D eigenvalue weighted by Crippen LogP contribution is -2.30. The van der Waals surface area contributed by atoms with Crippen molar-refractivity contribution < 1.29 is 80.2 Å². The van der Waals surface area contributed by atoms with Gasteiger partial charge in [0, 0.05) is 25.7 Å². The van der Waals surface area contributed by atoms with E-state index in [9.17, 15) is 43.2 Å². The standard InChI is InChI=1S/C71H138O17P2/c1-9-64(8)50-42-34-29-30-36-44-52-69(74)82-58-67(87-70(75)53-45-37-27-20-16-15-18-24-32-40-48-62(4)5)60-86-90(79,80)84-56-65(72)55-83-89(77,78)85-59-66(88-71(76)54-46-38-28-22-21-25-33-41-49-63(6)7)57-81-68(73)51-43-35-26-19-14-12-10-11-13-17-23-31-39-47-61(2)3/h61-67,72H,9-60H2,1-8H3,(H,77,78)(H,79,80)/t64?,65-,66-,67-/m1/s1. The number of carbonyl (C=O) groups is 4. The summed E-state index contributed by atoms with van der Waals surface area (Å²) in [6, 6.07) is 0. The van der Waals surface area contributed by atoms with Gasteiger partial charge in [-0.3, -0.25) is 37.3 Å². The average molecular weight is 1330 g/mol. The van der Waals surface area contributed by atoms with Gasteiger partial charge < -0.3 is 33.8 Å². The molecule has 0 aromatic rings. The molecule has 0 heterocycles. The number of aliphatic hydroxyl groups is 1. The van der Waals surface area contributed by atoms with E-state index >= 15 is 0 Å². The van der Waals surface area contributed by atoms with Crippen LogP contribution in [0, 0.1) is 23.7 Å². The van der Waals surface area contributed by atoms with Gasteiger partial charge in [0.2, 0.25) is 0 Å². The van der Waals surface area contributed by atoms with Crippen molar-refractivity contribution in [3.8, 4) is 0 Å². The average Bonchev–Trinajstić information content (AvgIpc) is 3.69. The van der Waals surface area contributed by atoms with Gasteiger partial charge in [0.15, 0.2) is 12.2 Å². The minimum Gasteiger partial charge on any atom is -0.462 e. The molecule has 0 aromatic carbocycles. The topological polar surface area (TPSA) is 237 Å². The Balaban J connectivity index is 5.24. The van der Waals surface area contributed by atoms with Crippen LogP contribution in [0.25, 0.3) is 0 Å². The third kappa shape index (κ3) is 63.5. The van der Waals surface area contributed by atoms with Crippen molar-refractivity contribution in [1.82, 2.24) is 0 Å². The Morgan fingerprint density at radius 3 is 0.789 bits per heavy atom. The number of rotatable bonds is 68. The van der Waals surface area contributed by atoms with Crippen LogP contribution in [0.15, 0.2) is 0 Å². The van der Waals surface area contributed by atoms with Gasteiger partial charge >= 0.3 is 39.5 Å². The van der Waals surface area contributed by atoms with E-state index in [0.29, 0.717) is 25.7 Å². The smallest absolute Gasteiger partial charge is 0.462 e. The molecule has 6 atom stereocenters. The number of aliphatic hydroxyl groups excluding tert-OH is 1. The lowest BCUT2D eigenvalue weighted by molar-refractivity contribution is -0.161. The largest absolute Gasteiger partial charge is 0.472 e. The highest BCUT2D eigenvalue weighted by Crippen LogP contribution is 2.45. The Hall–Kier alpha value is -1.94. The number of carbonyl (C=O) groups excluding carboxylic acids is 4. The predicted octanol–water partition coefficient (Wildman–Crippen LogP) is 20.1. The van der Waals surface area contributed by atoms with Gasteiger partial charge in [-0.2, -0.15) is 0 Å². The van der Waals surface area contributed by atoms with Crippen molar-refractivity contribution in [1.29, 1.82) is 0 Å². The maximum Gasteiger partial charge on any atom is 0.472 e. The summed E-state index contributed by atoms with van der Waals surface area (Å²) < 4.78 is 68.3. The molecule has 534 valence electrons. The fourth-order valence-corrected chi connectivity index (χ4v) is 12.2. The second-order valence-electron chi connectivity index (χ2n) is 27.3. The molecule has 17 nitrogen and oxygen atoms in total. The van der Waals surface area contributed by atoms with Gasteiger partial charge in [-0.15, -0.1) is 0 Å². The summed E-state index contributed by atoms with van der Waals surface area (Å²) in [6.07, 6.45) is 43.1. The molecule has 0 spiro atoms. The third-order valence-corrected chi connectivity index (χ3v) is 18.6. The van der Waals surface area contributed by atoms with Crippen molar-refractivity contribution in [2.24, 2.45) is 23.7 Å². The van der Waals surface area contributed by atoms with Gasteiger partial charge in [-0.25, -0.2) is 9.13 Å². The van der Waals surface area contributed by atoms with E-state index < -0.39 is 97.5 Å². The number of esters is 4. The van der Waals surface area contributed by atoms with Crippen molar-refractivity contribution in [3.63, 3.8) is 0 Å². The van der Waals surface area contributed by atoms with Crippen LogP contribution < -0.4 is 0 Å². The molecule has 0 saturated heterocycles. The molecule has 0 saturated carbocycles. The second kappa shape index (κ2) is 60.7. The quantitative estimate of drug-likeness (QED) is 0.0222. The maximum atomic E-state index is 13.0. The van der Waals surface area contributed by atoms with E-state index in [1.165, 1.54) is 148 Å². The number of hydrogen-bond donors (Lipinski definition) is 3.